The molecule has 3 rings (SSSR count). The van der Waals surface area contributed by atoms with Crippen LogP contribution in [0.15, 0.2) is 24.5 Å². The van der Waals surface area contributed by atoms with Crippen LogP contribution >= 0.6 is 23.2 Å². The zero-order valence-corrected chi connectivity index (χ0v) is 12.7. The molecule has 2 aromatic rings. The van der Waals surface area contributed by atoms with Crippen LogP contribution in [-0.4, -0.2) is 26.6 Å². The predicted molar refractivity (Wildman–Crippen MR) is 81.9 cm³/mol. The van der Waals surface area contributed by atoms with Gasteiger partial charge in [-0.25, -0.2) is 4.68 Å². The summed E-state index contributed by atoms with van der Waals surface area (Å²) in [6.45, 7) is 0.315. The van der Waals surface area contributed by atoms with Gasteiger partial charge in [-0.05, 0) is 18.2 Å². The van der Waals surface area contributed by atoms with Crippen LogP contribution in [0.5, 0.6) is 0 Å². The highest BCUT2D eigenvalue weighted by Gasteiger charge is 2.29. The highest BCUT2D eigenvalue weighted by Crippen LogP contribution is 2.25. The minimum Gasteiger partial charge on any atom is -0.326 e. The molecule has 22 heavy (non-hydrogen) atoms. The maximum absolute atomic E-state index is 12.1. The topological polar surface area (TPSA) is 88.9 Å². The van der Waals surface area contributed by atoms with E-state index in [4.69, 9.17) is 23.2 Å². The van der Waals surface area contributed by atoms with Gasteiger partial charge in [0.15, 0.2) is 0 Å². The predicted octanol–water partition coefficient (Wildman–Crippen LogP) is 2.18. The number of fused-ring (bicyclic) bond motifs is 1. The molecule has 1 unspecified atom stereocenters. The number of halogens is 2. The summed E-state index contributed by atoms with van der Waals surface area (Å²) >= 11 is 11.7. The lowest BCUT2D eigenvalue weighted by molar-refractivity contribution is -0.125. The number of nitrogens with zero attached hydrogens (tertiary/aromatic N) is 3. The third kappa shape index (κ3) is 3.05. The second kappa shape index (κ2) is 5.94. The van der Waals surface area contributed by atoms with Gasteiger partial charge < -0.3 is 5.32 Å². The number of carbonyl (C=O) groups is 2. The van der Waals surface area contributed by atoms with Gasteiger partial charge in [0.25, 0.3) is 0 Å². The van der Waals surface area contributed by atoms with Gasteiger partial charge in [-0.1, -0.05) is 23.2 Å². The monoisotopic (exact) mass is 339 g/mol. The van der Waals surface area contributed by atoms with Gasteiger partial charge in [-0.2, -0.15) is 10.1 Å². The summed E-state index contributed by atoms with van der Waals surface area (Å²) in [6, 6.07) is 4.79. The van der Waals surface area contributed by atoms with Crippen LogP contribution in [0.4, 0.5) is 11.6 Å². The molecule has 2 N–H and O–H groups in total. The molecule has 114 valence electrons. The van der Waals surface area contributed by atoms with Crippen molar-refractivity contribution in [2.75, 3.05) is 10.6 Å². The van der Waals surface area contributed by atoms with Crippen molar-refractivity contribution in [3.63, 3.8) is 0 Å². The average Bonchev–Trinajstić information content (AvgIpc) is 2.90. The smallest absolute Gasteiger partial charge is 0.232 e. The summed E-state index contributed by atoms with van der Waals surface area (Å²) in [5.41, 5.74) is 0.525. The number of hydrogen-bond acceptors (Lipinski definition) is 4. The molecule has 9 heteroatoms. The van der Waals surface area contributed by atoms with E-state index < -0.39 is 5.92 Å². The van der Waals surface area contributed by atoms with Crippen molar-refractivity contribution >= 4 is 46.7 Å². The quantitative estimate of drug-likeness (QED) is 0.896. The lowest BCUT2D eigenvalue weighted by Crippen LogP contribution is -2.36. The second-order valence-corrected chi connectivity index (χ2v) is 5.65. The van der Waals surface area contributed by atoms with Crippen molar-refractivity contribution in [3.8, 4) is 0 Å². The van der Waals surface area contributed by atoms with Crippen LogP contribution in [0.2, 0.25) is 10.0 Å². The highest BCUT2D eigenvalue weighted by molar-refractivity contribution is 6.42. The summed E-state index contributed by atoms with van der Waals surface area (Å²) in [7, 11) is 0. The maximum Gasteiger partial charge on any atom is 0.232 e. The summed E-state index contributed by atoms with van der Waals surface area (Å²) in [4.78, 5) is 27.9. The van der Waals surface area contributed by atoms with Gasteiger partial charge in [0.05, 0.1) is 22.5 Å². The molecule has 1 atom stereocenters. The molecule has 1 aromatic heterocycles. The van der Waals surface area contributed by atoms with Crippen LogP contribution < -0.4 is 10.6 Å². The molecular weight excluding hydrogens is 329 g/mol. The lowest BCUT2D eigenvalue weighted by atomic mass is 10.0. The summed E-state index contributed by atoms with van der Waals surface area (Å²) in [6.07, 6.45) is 1.39. The normalized spacial score (nSPS) is 16.8. The van der Waals surface area contributed by atoms with Gasteiger partial charge in [-0.3, -0.25) is 14.9 Å². The lowest BCUT2D eigenvalue weighted by Gasteiger charge is -2.21. The van der Waals surface area contributed by atoms with Crippen LogP contribution in [0.25, 0.3) is 0 Å². The Morgan fingerprint density at radius 2 is 2.23 bits per heavy atom. The molecule has 2 amide bonds. The van der Waals surface area contributed by atoms with E-state index in [-0.39, 0.29) is 18.2 Å². The standard InChI is InChI=1S/C13H11Cl2N5O2/c14-9-2-1-8(4-10(9)15)18-11(21)3-7-5-20-13(16-6-17-20)19-12(7)22/h1-2,4,6-7H,3,5H2,(H,18,21)(H,16,17,19,22). The fourth-order valence-electron chi connectivity index (χ4n) is 2.17. The first-order chi connectivity index (χ1) is 10.5. The molecule has 0 saturated carbocycles. The van der Waals surface area contributed by atoms with Crippen molar-refractivity contribution in [1.82, 2.24) is 14.8 Å². The Hall–Kier alpha value is -2.12. The molecule has 1 aliphatic heterocycles. The number of rotatable bonds is 3. The number of aromatic nitrogens is 3. The van der Waals surface area contributed by atoms with Crippen molar-refractivity contribution in [1.29, 1.82) is 0 Å². The molecule has 0 radical (unpaired) electrons. The number of carbonyl (C=O) groups excluding carboxylic acids is 2. The third-order valence-electron chi connectivity index (χ3n) is 3.25. The number of amides is 2. The largest absolute Gasteiger partial charge is 0.326 e. The van der Waals surface area contributed by atoms with E-state index in [1.165, 1.54) is 6.33 Å². The van der Waals surface area contributed by atoms with Crippen molar-refractivity contribution in [2.24, 2.45) is 5.92 Å². The van der Waals surface area contributed by atoms with Crippen molar-refractivity contribution < 1.29 is 9.59 Å². The minimum absolute atomic E-state index is 0.0331. The fourth-order valence-corrected chi connectivity index (χ4v) is 2.46. The van der Waals surface area contributed by atoms with Gasteiger partial charge in [0.1, 0.15) is 6.33 Å². The molecule has 7 nitrogen and oxygen atoms in total. The van der Waals surface area contributed by atoms with Crippen LogP contribution in [0.1, 0.15) is 6.42 Å². The third-order valence-corrected chi connectivity index (χ3v) is 3.99. The number of nitrogens with one attached hydrogen (secondary N) is 2. The van der Waals surface area contributed by atoms with E-state index in [2.05, 4.69) is 20.7 Å². The van der Waals surface area contributed by atoms with E-state index in [1.54, 1.807) is 22.9 Å². The van der Waals surface area contributed by atoms with Crippen molar-refractivity contribution in [2.45, 2.75) is 13.0 Å². The number of anilines is 2. The Balaban J connectivity index is 1.64. The van der Waals surface area contributed by atoms with E-state index in [1.807, 2.05) is 0 Å². The fraction of sp³-hybridized carbons (Fsp3) is 0.231. The molecule has 2 heterocycles. The first-order valence-electron chi connectivity index (χ1n) is 6.46. The van der Waals surface area contributed by atoms with Crippen molar-refractivity contribution in [3.05, 3.63) is 34.6 Å². The van der Waals surface area contributed by atoms with E-state index in [0.717, 1.165) is 0 Å². The first-order valence-corrected chi connectivity index (χ1v) is 7.22. The zero-order valence-electron chi connectivity index (χ0n) is 11.2. The average molecular weight is 340 g/mol. The Kier molecular flexibility index (Phi) is 4.00. The second-order valence-electron chi connectivity index (χ2n) is 4.83. The molecule has 0 bridgehead atoms. The molecule has 1 aliphatic rings. The molecular formula is C13H11Cl2N5O2. The molecule has 0 aliphatic carbocycles. The Morgan fingerprint density at radius 3 is 3.00 bits per heavy atom. The van der Waals surface area contributed by atoms with E-state index in [0.29, 0.717) is 28.2 Å². The van der Waals surface area contributed by atoms with Gasteiger partial charge in [0.2, 0.25) is 17.8 Å². The van der Waals surface area contributed by atoms with Crippen LogP contribution in [-0.2, 0) is 16.1 Å². The Morgan fingerprint density at radius 1 is 1.41 bits per heavy atom. The first kappa shape index (κ1) is 14.8. The van der Waals surface area contributed by atoms with Gasteiger partial charge in [-0.15, -0.1) is 0 Å². The summed E-state index contributed by atoms with van der Waals surface area (Å²) in [5, 5.41) is 10.0. The van der Waals surface area contributed by atoms with Gasteiger partial charge >= 0.3 is 0 Å². The Bertz CT molecular complexity index is 746. The maximum atomic E-state index is 12.1. The highest BCUT2D eigenvalue weighted by atomic mass is 35.5. The zero-order chi connectivity index (χ0) is 15.7. The molecule has 0 saturated heterocycles. The SMILES string of the molecule is O=C(CC1Cn2ncnc2NC1=O)Nc1ccc(Cl)c(Cl)c1. The van der Waals surface area contributed by atoms with Crippen LogP contribution in [0, 0.1) is 5.92 Å². The summed E-state index contributed by atoms with van der Waals surface area (Å²) < 4.78 is 1.55. The van der Waals surface area contributed by atoms with Crippen LogP contribution in [0.3, 0.4) is 0 Å². The minimum atomic E-state index is -0.503. The molecule has 0 spiro atoms. The van der Waals surface area contributed by atoms with E-state index in [9.17, 15) is 9.59 Å². The Labute approximate surface area is 135 Å². The molecule has 0 fully saturated rings. The summed E-state index contributed by atoms with van der Waals surface area (Å²) in [5.74, 6) is -0.644. The number of hydrogen-bond donors (Lipinski definition) is 2. The molecule has 1 aromatic carbocycles. The van der Waals surface area contributed by atoms with E-state index >= 15 is 0 Å². The number of benzene rings is 1. The van der Waals surface area contributed by atoms with Gasteiger partial charge in [0, 0.05) is 12.1 Å².